The highest BCUT2D eigenvalue weighted by atomic mass is 16.5. The summed E-state index contributed by atoms with van der Waals surface area (Å²) < 4.78 is 6.17. The molecule has 1 aliphatic heterocycles. The summed E-state index contributed by atoms with van der Waals surface area (Å²) in [6.45, 7) is 11.5. The lowest BCUT2D eigenvalue weighted by Crippen LogP contribution is -2.47. The van der Waals surface area contributed by atoms with Gasteiger partial charge in [-0.05, 0) is 46.8 Å². The standard InChI is InChI=1S/C17H28N2O/c1-12-7-9-13(10-8-12)19(6)11-14-15(18)17(4,5)20-16(14,2)3/h7-10,14-15H,11,18H2,1-6H3. The molecular weight excluding hydrogens is 248 g/mol. The van der Waals surface area contributed by atoms with E-state index in [0.29, 0.717) is 5.92 Å². The number of benzene rings is 1. The third-order valence-electron chi connectivity index (χ3n) is 4.60. The summed E-state index contributed by atoms with van der Waals surface area (Å²) in [5, 5.41) is 0. The van der Waals surface area contributed by atoms with Gasteiger partial charge in [0.15, 0.2) is 0 Å². The molecule has 1 aliphatic rings. The Labute approximate surface area is 123 Å². The molecule has 112 valence electrons. The van der Waals surface area contributed by atoms with Gasteiger partial charge in [0.2, 0.25) is 0 Å². The van der Waals surface area contributed by atoms with Gasteiger partial charge in [0, 0.05) is 31.2 Å². The summed E-state index contributed by atoms with van der Waals surface area (Å²) in [5.41, 5.74) is 8.48. The van der Waals surface area contributed by atoms with Crippen molar-refractivity contribution in [1.29, 1.82) is 0 Å². The van der Waals surface area contributed by atoms with Gasteiger partial charge in [-0.1, -0.05) is 17.7 Å². The van der Waals surface area contributed by atoms with Gasteiger partial charge in [-0.2, -0.15) is 0 Å². The fraction of sp³-hybridized carbons (Fsp3) is 0.647. The summed E-state index contributed by atoms with van der Waals surface area (Å²) in [6, 6.07) is 8.66. The molecule has 0 amide bonds. The van der Waals surface area contributed by atoms with E-state index in [2.05, 4.69) is 70.8 Å². The number of rotatable bonds is 3. The minimum Gasteiger partial charge on any atom is -0.374 e. The molecular formula is C17H28N2O. The molecule has 2 unspecified atom stereocenters. The molecule has 0 spiro atoms. The van der Waals surface area contributed by atoms with Crippen molar-refractivity contribution in [3.05, 3.63) is 29.8 Å². The summed E-state index contributed by atoms with van der Waals surface area (Å²) in [4.78, 5) is 2.27. The normalized spacial score (nSPS) is 27.6. The van der Waals surface area contributed by atoms with Crippen LogP contribution < -0.4 is 10.6 Å². The van der Waals surface area contributed by atoms with Crippen molar-refractivity contribution < 1.29 is 4.74 Å². The number of ether oxygens (including phenoxy) is 1. The average molecular weight is 276 g/mol. The van der Waals surface area contributed by atoms with E-state index in [1.54, 1.807) is 0 Å². The molecule has 2 atom stereocenters. The van der Waals surface area contributed by atoms with E-state index < -0.39 is 0 Å². The van der Waals surface area contributed by atoms with E-state index >= 15 is 0 Å². The zero-order valence-corrected chi connectivity index (χ0v) is 13.6. The van der Waals surface area contributed by atoms with Gasteiger partial charge in [0.05, 0.1) is 11.2 Å². The smallest absolute Gasteiger partial charge is 0.0788 e. The minimum atomic E-state index is -0.262. The molecule has 0 bridgehead atoms. The largest absolute Gasteiger partial charge is 0.374 e. The molecule has 0 aromatic heterocycles. The monoisotopic (exact) mass is 276 g/mol. The second-order valence-electron chi connectivity index (χ2n) is 7.16. The van der Waals surface area contributed by atoms with Crippen molar-refractivity contribution in [2.24, 2.45) is 11.7 Å². The van der Waals surface area contributed by atoms with Crippen LogP contribution in [0.4, 0.5) is 5.69 Å². The number of nitrogens with two attached hydrogens (primary N) is 1. The second-order valence-corrected chi connectivity index (χ2v) is 7.16. The van der Waals surface area contributed by atoms with Crippen LogP contribution in [-0.2, 0) is 4.74 Å². The molecule has 1 heterocycles. The number of hydrogen-bond donors (Lipinski definition) is 1. The molecule has 1 fully saturated rings. The van der Waals surface area contributed by atoms with E-state index in [1.165, 1.54) is 11.3 Å². The third kappa shape index (κ3) is 2.84. The van der Waals surface area contributed by atoms with Crippen LogP contribution in [-0.4, -0.2) is 30.8 Å². The predicted molar refractivity (Wildman–Crippen MR) is 85.2 cm³/mol. The van der Waals surface area contributed by atoms with Crippen LogP contribution in [0.15, 0.2) is 24.3 Å². The molecule has 2 rings (SSSR count). The maximum absolute atomic E-state index is 6.43. The lowest BCUT2D eigenvalue weighted by atomic mass is 9.82. The van der Waals surface area contributed by atoms with Gasteiger partial charge < -0.3 is 15.4 Å². The van der Waals surface area contributed by atoms with Crippen LogP contribution in [0.1, 0.15) is 33.3 Å². The average Bonchev–Trinajstić information content (AvgIpc) is 2.48. The number of nitrogens with zero attached hydrogens (tertiary/aromatic N) is 1. The first-order chi connectivity index (χ1) is 9.13. The fourth-order valence-corrected chi connectivity index (χ4v) is 3.27. The first kappa shape index (κ1) is 15.3. The Kier molecular flexibility index (Phi) is 3.87. The number of aryl methyl sites for hydroxylation is 1. The van der Waals surface area contributed by atoms with Crippen molar-refractivity contribution in [3.8, 4) is 0 Å². The molecule has 2 N–H and O–H groups in total. The SMILES string of the molecule is Cc1ccc(N(C)CC2C(N)C(C)(C)OC2(C)C)cc1. The van der Waals surface area contributed by atoms with Gasteiger partial charge >= 0.3 is 0 Å². The van der Waals surface area contributed by atoms with E-state index in [9.17, 15) is 0 Å². The lowest BCUT2D eigenvalue weighted by Gasteiger charge is -2.32. The molecule has 3 heteroatoms. The Morgan fingerprint density at radius 1 is 1.10 bits per heavy atom. The maximum atomic E-state index is 6.43. The van der Waals surface area contributed by atoms with Crippen LogP contribution in [0, 0.1) is 12.8 Å². The van der Waals surface area contributed by atoms with Crippen LogP contribution in [0.3, 0.4) is 0 Å². The molecule has 3 nitrogen and oxygen atoms in total. The van der Waals surface area contributed by atoms with Crippen LogP contribution in [0.2, 0.25) is 0 Å². The molecule has 20 heavy (non-hydrogen) atoms. The zero-order chi connectivity index (χ0) is 15.1. The quantitative estimate of drug-likeness (QED) is 0.922. The summed E-state index contributed by atoms with van der Waals surface area (Å²) in [7, 11) is 2.12. The number of anilines is 1. The number of hydrogen-bond acceptors (Lipinski definition) is 3. The van der Waals surface area contributed by atoms with Crippen molar-refractivity contribution >= 4 is 5.69 Å². The van der Waals surface area contributed by atoms with Gasteiger partial charge in [0.25, 0.3) is 0 Å². The first-order valence-electron chi connectivity index (χ1n) is 7.37. The molecule has 1 aromatic rings. The molecule has 0 aliphatic carbocycles. The Morgan fingerprint density at radius 2 is 1.65 bits per heavy atom. The highest BCUT2D eigenvalue weighted by Gasteiger charge is 2.52. The molecule has 1 aromatic carbocycles. The molecule has 0 saturated carbocycles. The zero-order valence-electron chi connectivity index (χ0n) is 13.6. The van der Waals surface area contributed by atoms with Gasteiger partial charge in [-0.15, -0.1) is 0 Å². The third-order valence-corrected chi connectivity index (χ3v) is 4.60. The summed E-state index contributed by atoms with van der Waals surface area (Å²) in [6.07, 6.45) is 0. The Hall–Kier alpha value is -1.06. The first-order valence-corrected chi connectivity index (χ1v) is 7.37. The highest BCUT2D eigenvalue weighted by molar-refractivity contribution is 5.47. The van der Waals surface area contributed by atoms with Gasteiger partial charge in [0.1, 0.15) is 0 Å². The highest BCUT2D eigenvalue weighted by Crippen LogP contribution is 2.41. The fourth-order valence-electron chi connectivity index (χ4n) is 3.27. The van der Waals surface area contributed by atoms with Crippen molar-refractivity contribution in [3.63, 3.8) is 0 Å². The van der Waals surface area contributed by atoms with Gasteiger partial charge in [-0.3, -0.25) is 0 Å². The second kappa shape index (κ2) is 5.05. The Bertz CT molecular complexity index is 464. The van der Waals surface area contributed by atoms with E-state index in [0.717, 1.165) is 6.54 Å². The lowest BCUT2D eigenvalue weighted by molar-refractivity contribution is -0.0756. The Balaban J connectivity index is 2.14. The summed E-state index contributed by atoms with van der Waals surface area (Å²) in [5.74, 6) is 0.309. The molecule has 1 saturated heterocycles. The van der Waals surface area contributed by atoms with Crippen molar-refractivity contribution in [2.45, 2.75) is 51.9 Å². The van der Waals surface area contributed by atoms with Crippen molar-refractivity contribution in [1.82, 2.24) is 0 Å². The van der Waals surface area contributed by atoms with E-state index in [-0.39, 0.29) is 17.2 Å². The maximum Gasteiger partial charge on any atom is 0.0788 e. The van der Waals surface area contributed by atoms with E-state index in [1.807, 2.05) is 0 Å². The summed E-state index contributed by atoms with van der Waals surface area (Å²) >= 11 is 0. The minimum absolute atomic E-state index is 0.0467. The van der Waals surface area contributed by atoms with Crippen LogP contribution in [0.5, 0.6) is 0 Å². The van der Waals surface area contributed by atoms with Crippen molar-refractivity contribution in [2.75, 3.05) is 18.5 Å². The van der Waals surface area contributed by atoms with Gasteiger partial charge in [-0.25, -0.2) is 0 Å². The van der Waals surface area contributed by atoms with Crippen LogP contribution >= 0.6 is 0 Å². The topological polar surface area (TPSA) is 38.5 Å². The van der Waals surface area contributed by atoms with E-state index in [4.69, 9.17) is 10.5 Å². The molecule has 0 radical (unpaired) electrons. The Morgan fingerprint density at radius 3 is 2.10 bits per heavy atom. The van der Waals surface area contributed by atoms with Crippen LogP contribution in [0.25, 0.3) is 0 Å². The predicted octanol–water partition coefficient (Wildman–Crippen LogP) is 2.96.